The normalized spacial score (nSPS) is 21.4. The highest BCUT2D eigenvalue weighted by atomic mass is 16.5. The maximum absolute atomic E-state index is 5.44. The molecule has 84 valence electrons. The summed E-state index contributed by atoms with van der Waals surface area (Å²) in [6.07, 6.45) is 3.58. The topological polar surface area (TPSA) is 38.1 Å². The van der Waals surface area contributed by atoms with Crippen molar-refractivity contribution in [3.05, 3.63) is 30.0 Å². The molecule has 3 heteroatoms. The Kier molecular flexibility index (Phi) is 2.62. The van der Waals surface area contributed by atoms with Crippen LogP contribution in [-0.4, -0.2) is 18.2 Å². The summed E-state index contributed by atoms with van der Waals surface area (Å²) in [6, 6.07) is 8.14. The number of aromatic nitrogens is 1. The number of piperidine rings is 1. The standard InChI is InChI=1S/C13H16N2O/c1-2-6-12-11(5-1)13(16-15-12)8-10-4-3-7-14-9-10/h1-2,5-6,10,14H,3-4,7-9H2. The Bertz CT molecular complexity index is 471. The number of hydrogen-bond donors (Lipinski definition) is 1. The summed E-state index contributed by atoms with van der Waals surface area (Å²) in [5, 5.41) is 8.70. The first-order valence-corrected chi connectivity index (χ1v) is 5.97. The number of nitrogens with zero attached hydrogens (tertiary/aromatic N) is 1. The molecule has 0 amide bonds. The SMILES string of the molecule is c1ccc2c(CC3CCCNC3)onc2c1. The van der Waals surface area contributed by atoms with Crippen LogP contribution < -0.4 is 5.32 Å². The summed E-state index contributed by atoms with van der Waals surface area (Å²) in [6.45, 7) is 2.27. The summed E-state index contributed by atoms with van der Waals surface area (Å²) in [7, 11) is 0. The van der Waals surface area contributed by atoms with Gasteiger partial charge in [-0.3, -0.25) is 0 Å². The third-order valence-corrected chi connectivity index (χ3v) is 3.33. The van der Waals surface area contributed by atoms with Gasteiger partial charge in [0.2, 0.25) is 0 Å². The summed E-state index contributed by atoms with van der Waals surface area (Å²) < 4.78 is 5.44. The van der Waals surface area contributed by atoms with E-state index in [1.165, 1.54) is 18.2 Å². The molecule has 1 aliphatic rings. The average Bonchev–Trinajstić information content (AvgIpc) is 2.74. The zero-order chi connectivity index (χ0) is 10.8. The first kappa shape index (κ1) is 9.85. The van der Waals surface area contributed by atoms with Crippen LogP contribution in [0.2, 0.25) is 0 Å². The fourth-order valence-electron chi connectivity index (χ4n) is 2.45. The predicted octanol–water partition coefficient (Wildman–Crippen LogP) is 2.37. The Hall–Kier alpha value is -1.35. The molecule has 2 heterocycles. The molecule has 3 nitrogen and oxygen atoms in total. The molecule has 1 fully saturated rings. The molecular weight excluding hydrogens is 200 g/mol. The van der Waals surface area contributed by atoms with E-state index in [0.717, 1.165) is 30.8 Å². The monoisotopic (exact) mass is 216 g/mol. The quantitative estimate of drug-likeness (QED) is 0.837. The van der Waals surface area contributed by atoms with Gasteiger partial charge in [0.1, 0.15) is 11.3 Å². The van der Waals surface area contributed by atoms with Gasteiger partial charge in [-0.15, -0.1) is 0 Å². The van der Waals surface area contributed by atoms with E-state index in [4.69, 9.17) is 4.52 Å². The number of rotatable bonds is 2. The molecule has 1 aliphatic heterocycles. The lowest BCUT2D eigenvalue weighted by Crippen LogP contribution is -2.30. The molecule has 16 heavy (non-hydrogen) atoms. The number of fused-ring (bicyclic) bond motifs is 1. The maximum atomic E-state index is 5.44. The van der Waals surface area contributed by atoms with Gasteiger partial charge in [-0.1, -0.05) is 17.3 Å². The molecule has 1 unspecified atom stereocenters. The van der Waals surface area contributed by atoms with Crippen molar-refractivity contribution < 1.29 is 4.52 Å². The second-order valence-electron chi connectivity index (χ2n) is 4.54. The number of nitrogens with one attached hydrogen (secondary N) is 1. The van der Waals surface area contributed by atoms with Crippen molar-refractivity contribution in [2.24, 2.45) is 5.92 Å². The zero-order valence-corrected chi connectivity index (χ0v) is 9.28. The van der Waals surface area contributed by atoms with Gasteiger partial charge in [0.15, 0.2) is 0 Å². The van der Waals surface area contributed by atoms with Gasteiger partial charge in [0, 0.05) is 11.8 Å². The van der Waals surface area contributed by atoms with Crippen LogP contribution in [0.3, 0.4) is 0 Å². The molecular formula is C13H16N2O. The predicted molar refractivity (Wildman–Crippen MR) is 63.3 cm³/mol. The average molecular weight is 216 g/mol. The van der Waals surface area contributed by atoms with Crippen LogP contribution in [-0.2, 0) is 6.42 Å². The lowest BCUT2D eigenvalue weighted by molar-refractivity contribution is 0.325. The summed E-state index contributed by atoms with van der Waals surface area (Å²) in [5.41, 5.74) is 0.973. The molecule has 1 N–H and O–H groups in total. The minimum Gasteiger partial charge on any atom is -0.360 e. The van der Waals surface area contributed by atoms with E-state index in [9.17, 15) is 0 Å². The van der Waals surface area contributed by atoms with Gasteiger partial charge in [-0.2, -0.15) is 0 Å². The van der Waals surface area contributed by atoms with Crippen LogP contribution in [0.1, 0.15) is 18.6 Å². The van der Waals surface area contributed by atoms with Crippen LogP contribution in [0, 0.1) is 5.92 Å². The van der Waals surface area contributed by atoms with Crippen molar-refractivity contribution in [1.82, 2.24) is 10.5 Å². The number of hydrogen-bond acceptors (Lipinski definition) is 3. The van der Waals surface area contributed by atoms with E-state index < -0.39 is 0 Å². The molecule has 1 aromatic carbocycles. The van der Waals surface area contributed by atoms with Gasteiger partial charge in [0.25, 0.3) is 0 Å². The highest BCUT2D eigenvalue weighted by Crippen LogP contribution is 2.23. The van der Waals surface area contributed by atoms with Gasteiger partial charge < -0.3 is 9.84 Å². The molecule has 0 radical (unpaired) electrons. The fourth-order valence-corrected chi connectivity index (χ4v) is 2.45. The van der Waals surface area contributed by atoms with E-state index in [2.05, 4.69) is 16.5 Å². The molecule has 0 bridgehead atoms. The van der Waals surface area contributed by atoms with E-state index in [0.29, 0.717) is 5.92 Å². The molecule has 0 spiro atoms. The first-order chi connectivity index (χ1) is 7.93. The zero-order valence-electron chi connectivity index (χ0n) is 9.28. The van der Waals surface area contributed by atoms with E-state index >= 15 is 0 Å². The third kappa shape index (κ3) is 1.83. The smallest absolute Gasteiger partial charge is 0.144 e. The van der Waals surface area contributed by atoms with Gasteiger partial charge in [-0.05, 0) is 44.0 Å². The fraction of sp³-hybridized carbons (Fsp3) is 0.462. The minimum atomic E-state index is 0.699. The maximum Gasteiger partial charge on any atom is 0.144 e. The van der Waals surface area contributed by atoms with Crippen molar-refractivity contribution in [3.8, 4) is 0 Å². The Morgan fingerprint density at radius 3 is 3.19 bits per heavy atom. The summed E-state index contributed by atoms with van der Waals surface area (Å²) in [5.74, 6) is 1.74. The van der Waals surface area contributed by atoms with Crippen LogP contribution in [0.4, 0.5) is 0 Å². The van der Waals surface area contributed by atoms with Crippen molar-refractivity contribution >= 4 is 10.9 Å². The molecule has 1 saturated heterocycles. The van der Waals surface area contributed by atoms with Crippen LogP contribution >= 0.6 is 0 Å². The molecule has 0 saturated carbocycles. The van der Waals surface area contributed by atoms with Crippen LogP contribution in [0.5, 0.6) is 0 Å². The summed E-state index contributed by atoms with van der Waals surface area (Å²) in [4.78, 5) is 0. The van der Waals surface area contributed by atoms with Crippen LogP contribution in [0.25, 0.3) is 10.9 Å². The second kappa shape index (κ2) is 4.26. The van der Waals surface area contributed by atoms with Gasteiger partial charge in [-0.25, -0.2) is 0 Å². The largest absolute Gasteiger partial charge is 0.360 e. The summed E-state index contributed by atoms with van der Waals surface area (Å²) >= 11 is 0. The third-order valence-electron chi connectivity index (χ3n) is 3.33. The molecule has 1 atom stereocenters. The highest BCUT2D eigenvalue weighted by molar-refractivity contribution is 5.80. The minimum absolute atomic E-state index is 0.699. The molecule has 3 rings (SSSR count). The lowest BCUT2D eigenvalue weighted by atomic mass is 9.94. The van der Waals surface area contributed by atoms with E-state index in [1.54, 1.807) is 0 Å². The highest BCUT2D eigenvalue weighted by Gasteiger charge is 2.17. The Morgan fingerprint density at radius 2 is 2.31 bits per heavy atom. The van der Waals surface area contributed by atoms with Crippen molar-refractivity contribution in [3.63, 3.8) is 0 Å². The van der Waals surface area contributed by atoms with Crippen LogP contribution in [0.15, 0.2) is 28.8 Å². The van der Waals surface area contributed by atoms with E-state index in [1.807, 2.05) is 18.2 Å². The second-order valence-corrected chi connectivity index (χ2v) is 4.54. The molecule has 2 aromatic rings. The number of benzene rings is 1. The van der Waals surface area contributed by atoms with Gasteiger partial charge >= 0.3 is 0 Å². The Morgan fingerprint density at radius 1 is 1.38 bits per heavy atom. The lowest BCUT2D eigenvalue weighted by Gasteiger charge is -2.21. The van der Waals surface area contributed by atoms with E-state index in [-0.39, 0.29) is 0 Å². The van der Waals surface area contributed by atoms with Crippen molar-refractivity contribution in [2.75, 3.05) is 13.1 Å². The first-order valence-electron chi connectivity index (χ1n) is 5.97. The Labute approximate surface area is 94.8 Å². The van der Waals surface area contributed by atoms with Crippen molar-refractivity contribution in [1.29, 1.82) is 0 Å². The molecule has 0 aliphatic carbocycles. The Balaban J connectivity index is 1.83. The van der Waals surface area contributed by atoms with Crippen molar-refractivity contribution in [2.45, 2.75) is 19.3 Å². The molecule has 1 aromatic heterocycles. The van der Waals surface area contributed by atoms with Gasteiger partial charge in [0.05, 0.1) is 0 Å².